The highest BCUT2D eigenvalue weighted by molar-refractivity contribution is 14.0. The molecule has 132 valence electrons. The Morgan fingerprint density at radius 1 is 1.48 bits per heavy atom. The van der Waals surface area contributed by atoms with Crippen LogP contribution >= 0.6 is 24.0 Å². The second kappa shape index (κ2) is 10.2. The van der Waals surface area contributed by atoms with Crippen molar-refractivity contribution in [1.82, 2.24) is 10.6 Å². The first-order valence-corrected chi connectivity index (χ1v) is 9.69. The molecule has 0 aromatic carbocycles. The second-order valence-corrected chi connectivity index (χ2v) is 7.81. The van der Waals surface area contributed by atoms with E-state index in [0.29, 0.717) is 18.9 Å². The molecule has 1 aromatic rings. The van der Waals surface area contributed by atoms with Crippen LogP contribution in [0.4, 0.5) is 0 Å². The van der Waals surface area contributed by atoms with Crippen molar-refractivity contribution in [1.29, 1.82) is 0 Å². The van der Waals surface area contributed by atoms with E-state index in [9.17, 15) is 8.42 Å². The van der Waals surface area contributed by atoms with Crippen molar-refractivity contribution in [3.05, 3.63) is 24.2 Å². The maximum atomic E-state index is 11.5. The van der Waals surface area contributed by atoms with E-state index >= 15 is 0 Å². The molecule has 0 amide bonds. The summed E-state index contributed by atoms with van der Waals surface area (Å²) in [6.45, 7) is 3.56. The normalized spacial score (nSPS) is 20.0. The van der Waals surface area contributed by atoms with Crippen molar-refractivity contribution in [2.24, 2.45) is 4.99 Å². The molecule has 0 spiro atoms. The maximum absolute atomic E-state index is 11.5. The predicted molar refractivity (Wildman–Crippen MR) is 103 cm³/mol. The van der Waals surface area contributed by atoms with Gasteiger partial charge in [-0.3, -0.25) is 4.99 Å². The molecule has 1 fully saturated rings. The van der Waals surface area contributed by atoms with Crippen LogP contribution in [-0.2, 0) is 16.3 Å². The number of rotatable bonds is 7. The van der Waals surface area contributed by atoms with Crippen molar-refractivity contribution in [2.45, 2.75) is 38.6 Å². The van der Waals surface area contributed by atoms with Gasteiger partial charge in [-0.05, 0) is 25.0 Å². The van der Waals surface area contributed by atoms with Gasteiger partial charge in [0.05, 0.1) is 17.8 Å². The number of nitrogens with one attached hydrogen (secondary N) is 2. The highest BCUT2D eigenvalue weighted by Crippen LogP contribution is 2.11. The Balaban J connectivity index is 0.00000264. The lowest BCUT2D eigenvalue weighted by atomic mass is 10.3. The van der Waals surface area contributed by atoms with Crippen molar-refractivity contribution in [3.8, 4) is 0 Å². The number of hydrogen-bond donors (Lipinski definition) is 2. The molecule has 23 heavy (non-hydrogen) atoms. The molecule has 0 bridgehead atoms. The number of halogens is 1. The first-order valence-electron chi connectivity index (χ1n) is 7.87. The monoisotopic (exact) mass is 455 g/mol. The molecule has 2 heterocycles. The summed E-state index contributed by atoms with van der Waals surface area (Å²) < 4.78 is 28.4. The number of sulfone groups is 1. The number of hydrogen-bond acceptors (Lipinski definition) is 4. The number of aliphatic imine (C=N–C) groups is 1. The van der Waals surface area contributed by atoms with E-state index < -0.39 is 9.84 Å². The van der Waals surface area contributed by atoms with Gasteiger partial charge in [-0.25, -0.2) is 8.42 Å². The molecule has 8 heteroatoms. The number of unbranched alkanes of at least 4 members (excludes halogenated alkanes) is 1. The van der Waals surface area contributed by atoms with Crippen LogP contribution in [0.1, 0.15) is 31.9 Å². The van der Waals surface area contributed by atoms with Crippen LogP contribution < -0.4 is 10.6 Å². The van der Waals surface area contributed by atoms with E-state index in [2.05, 4.69) is 22.5 Å². The molecular weight excluding hydrogens is 429 g/mol. The summed E-state index contributed by atoms with van der Waals surface area (Å²) in [5.41, 5.74) is 0. The van der Waals surface area contributed by atoms with Gasteiger partial charge >= 0.3 is 0 Å². The van der Waals surface area contributed by atoms with Gasteiger partial charge in [-0.2, -0.15) is 0 Å². The maximum Gasteiger partial charge on any atom is 0.191 e. The van der Waals surface area contributed by atoms with Crippen LogP contribution in [0.5, 0.6) is 0 Å². The van der Waals surface area contributed by atoms with Crippen molar-refractivity contribution in [2.75, 3.05) is 24.6 Å². The zero-order chi connectivity index (χ0) is 15.8. The molecule has 2 N–H and O–H groups in total. The highest BCUT2D eigenvalue weighted by atomic mass is 127. The Morgan fingerprint density at radius 2 is 2.30 bits per heavy atom. The molecule has 1 saturated heterocycles. The highest BCUT2D eigenvalue weighted by Gasteiger charge is 2.28. The van der Waals surface area contributed by atoms with Crippen LogP contribution in [0.15, 0.2) is 27.8 Å². The molecule has 1 unspecified atom stereocenters. The molecule has 1 aliphatic heterocycles. The molecule has 0 aliphatic carbocycles. The molecule has 6 nitrogen and oxygen atoms in total. The summed E-state index contributed by atoms with van der Waals surface area (Å²) in [4.78, 5) is 4.51. The fraction of sp³-hybridized carbons (Fsp3) is 0.667. The van der Waals surface area contributed by atoms with Crippen LogP contribution in [0.2, 0.25) is 0 Å². The number of guanidine groups is 1. The molecule has 0 radical (unpaired) electrons. The summed E-state index contributed by atoms with van der Waals surface area (Å²) in [6, 6.07) is 3.77. The molecule has 1 aliphatic rings. The lowest BCUT2D eigenvalue weighted by Gasteiger charge is -2.16. The Labute approximate surface area is 155 Å². The number of furan rings is 1. The van der Waals surface area contributed by atoms with Gasteiger partial charge in [0.1, 0.15) is 5.76 Å². The second-order valence-electron chi connectivity index (χ2n) is 5.58. The third-order valence-electron chi connectivity index (χ3n) is 3.60. The lowest BCUT2D eigenvalue weighted by Crippen LogP contribution is -2.44. The summed E-state index contributed by atoms with van der Waals surface area (Å²) in [5, 5.41) is 6.49. The van der Waals surface area contributed by atoms with E-state index in [1.54, 1.807) is 6.26 Å². The van der Waals surface area contributed by atoms with Crippen molar-refractivity contribution < 1.29 is 12.8 Å². The molecule has 1 atom stereocenters. The molecule has 2 rings (SSSR count). The lowest BCUT2D eigenvalue weighted by molar-refractivity contribution is 0.506. The third-order valence-corrected chi connectivity index (χ3v) is 5.37. The summed E-state index contributed by atoms with van der Waals surface area (Å²) >= 11 is 0. The van der Waals surface area contributed by atoms with Gasteiger partial charge in [-0.1, -0.05) is 13.3 Å². The van der Waals surface area contributed by atoms with E-state index in [4.69, 9.17) is 4.42 Å². The minimum atomic E-state index is -2.88. The Hall–Kier alpha value is -0.770. The fourth-order valence-electron chi connectivity index (χ4n) is 2.36. The predicted octanol–water partition coefficient (Wildman–Crippen LogP) is 1.96. The molecular formula is C15H26IN3O3S. The number of nitrogens with zero attached hydrogens (tertiary/aromatic N) is 1. The van der Waals surface area contributed by atoms with Gasteiger partial charge in [0.25, 0.3) is 0 Å². The first-order chi connectivity index (χ1) is 10.6. The molecule has 0 saturated carbocycles. The first kappa shape index (κ1) is 20.3. The standard InChI is InChI=1S/C15H25N3O3S.HI/c1-2-3-8-16-15(17-9-6-14-5-4-10-21-14)18-13-7-11-22(19,20)12-13;/h4-5,10,13H,2-3,6-9,11-12H2,1H3,(H2,16,17,18);1H. The van der Waals surface area contributed by atoms with E-state index in [-0.39, 0.29) is 41.5 Å². The van der Waals surface area contributed by atoms with Crippen molar-refractivity contribution in [3.63, 3.8) is 0 Å². The van der Waals surface area contributed by atoms with Crippen LogP contribution in [0.3, 0.4) is 0 Å². The average Bonchev–Trinajstić information content (AvgIpc) is 3.08. The van der Waals surface area contributed by atoms with Gasteiger partial charge in [0.15, 0.2) is 15.8 Å². The largest absolute Gasteiger partial charge is 0.469 e. The summed E-state index contributed by atoms with van der Waals surface area (Å²) in [7, 11) is -2.88. The Kier molecular flexibility index (Phi) is 8.96. The zero-order valence-electron chi connectivity index (χ0n) is 13.5. The van der Waals surface area contributed by atoms with E-state index in [1.807, 2.05) is 12.1 Å². The summed E-state index contributed by atoms with van der Waals surface area (Å²) in [5.74, 6) is 2.07. The van der Waals surface area contributed by atoms with Crippen LogP contribution in [0, 0.1) is 0 Å². The SMILES string of the molecule is CCCCN=C(NCCc1ccco1)NC1CCS(=O)(=O)C1.I. The molecule has 1 aromatic heterocycles. The van der Waals surface area contributed by atoms with E-state index in [0.717, 1.165) is 31.6 Å². The minimum Gasteiger partial charge on any atom is -0.469 e. The Morgan fingerprint density at radius 3 is 2.91 bits per heavy atom. The van der Waals surface area contributed by atoms with Crippen LogP contribution in [0.25, 0.3) is 0 Å². The summed E-state index contributed by atoms with van der Waals surface area (Å²) in [6.07, 6.45) is 5.18. The zero-order valence-corrected chi connectivity index (χ0v) is 16.6. The van der Waals surface area contributed by atoms with E-state index in [1.165, 1.54) is 0 Å². The smallest absolute Gasteiger partial charge is 0.191 e. The average molecular weight is 455 g/mol. The quantitative estimate of drug-likeness (QED) is 0.284. The van der Waals surface area contributed by atoms with Gasteiger partial charge < -0.3 is 15.1 Å². The Bertz CT molecular complexity index is 573. The van der Waals surface area contributed by atoms with Crippen molar-refractivity contribution >= 4 is 39.8 Å². The van der Waals surface area contributed by atoms with Gasteiger partial charge in [0, 0.05) is 25.6 Å². The third kappa shape index (κ3) is 7.56. The minimum absolute atomic E-state index is 0. The topological polar surface area (TPSA) is 83.7 Å². The fourth-order valence-corrected chi connectivity index (χ4v) is 4.04. The van der Waals surface area contributed by atoms with Gasteiger partial charge in [0.2, 0.25) is 0 Å². The van der Waals surface area contributed by atoms with Crippen LogP contribution in [-0.4, -0.2) is 45.0 Å². The van der Waals surface area contributed by atoms with Gasteiger partial charge in [-0.15, -0.1) is 24.0 Å².